The van der Waals surface area contributed by atoms with E-state index >= 15 is 0 Å². The predicted molar refractivity (Wildman–Crippen MR) is 70.8 cm³/mol. The first-order chi connectivity index (χ1) is 8.09. The Morgan fingerprint density at radius 1 is 1.06 bits per heavy atom. The summed E-state index contributed by atoms with van der Waals surface area (Å²) >= 11 is 0. The summed E-state index contributed by atoms with van der Waals surface area (Å²) in [6.07, 6.45) is 4.44. The molecule has 0 spiro atoms. The normalized spacial score (nSPS) is 16.9. The Hall–Kier alpha value is -1.12. The van der Waals surface area contributed by atoms with Gasteiger partial charge in [0.1, 0.15) is 0 Å². The fourth-order valence-electron chi connectivity index (χ4n) is 1.52. The van der Waals surface area contributed by atoms with Crippen LogP contribution in [0.2, 0.25) is 0 Å². The van der Waals surface area contributed by atoms with E-state index in [0.717, 1.165) is 6.42 Å². The van der Waals surface area contributed by atoms with Crippen molar-refractivity contribution in [2.24, 2.45) is 5.92 Å². The molecule has 17 heavy (non-hydrogen) atoms. The van der Waals surface area contributed by atoms with Crippen molar-refractivity contribution >= 4 is 0 Å². The van der Waals surface area contributed by atoms with Crippen molar-refractivity contribution in [2.75, 3.05) is 0 Å². The molecule has 2 N–H and O–H groups in total. The van der Waals surface area contributed by atoms with Crippen LogP contribution in [-0.4, -0.2) is 22.4 Å². The third-order valence-corrected chi connectivity index (χ3v) is 2.97. The Morgan fingerprint density at radius 2 is 1.71 bits per heavy atom. The third kappa shape index (κ3) is 5.66. The maximum atomic E-state index is 9.77. The van der Waals surface area contributed by atoms with Crippen molar-refractivity contribution in [3.63, 3.8) is 0 Å². The summed E-state index contributed by atoms with van der Waals surface area (Å²) in [5, 5.41) is 19.1. The SMILES string of the molecule is C[C@@H](O)[C@@H](C)/C=C/[C@@H](O)CCc1ccccc1. The van der Waals surface area contributed by atoms with Gasteiger partial charge in [-0.1, -0.05) is 49.4 Å². The lowest BCUT2D eigenvalue weighted by atomic mass is 10.0. The number of aliphatic hydroxyl groups is 2. The minimum absolute atomic E-state index is 0.0846. The fourth-order valence-corrected chi connectivity index (χ4v) is 1.52. The molecule has 1 rings (SSSR count). The number of aliphatic hydroxyl groups excluding tert-OH is 2. The lowest BCUT2D eigenvalue weighted by molar-refractivity contribution is 0.155. The Kier molecular flexibility index (Phi) is 5.95. The highest BCUT2D eigenvalue weighted by molar-refractivity contribution is 5.15. The van der Waals surface area contributed by atoms with E-state index in [1.165, 1.54) is 5.56 Å². The molecular formula is C15H22O2. The zero-order chi connectivity index (χ0) is 12.7. The van der Waals surface area contributed by atoms with E-state index in [9.17, 15) is 10.2 Å². The van der Waals surface area contributed by atoms with Gasteiger partial charge in [-0.15, -0.1) is 0 Å². The van der Waals surface area contributed by atoms with Gasteiger partial charge in [-0.2, -0.15) is 0 Å². The molecule has 3 atom stereocenters. The van der Waals surface area contributed by atoms with Gasteiger partial charge < -0.3 is 10.2 Å². The van der Waals surface area contributed by atoms with E-state index in [-0.39, 0.29) is 12.0 Å². The molecule has 0 aliphatic carbocycles. The quantitative estimate of drug-likeness (QED) is 0.743. The molecule has 0 amide bonds. The van der Waals surface area contributed by atoms with E-state index in [2.05, 4.69) is 12.1 Å². The molecule has 0 aromatic heterocycles. The molecule has 0 aliphatic heterocycles. The molecule has 94 valence electrons. The number of hydrogen-bond acceptors (Lipinski definition) is 2. The second kappa shape index (κ2) is 7.25. The van der Waals surface area contributed by atoms with Gasteiger partial charge in [-0.3, -0.25) is 0 Å². The Morgan fingerprint density at radius 3 is 2.29 bits per heavy atom. The second-order valence-corrected chi connectivity index (χ2v) is 4.58. The van der Waals surface area contributed by atoms with Crippen molar-refractivity contribution in [1.29, 1.82) is 0 Å². The van der Waals surface area contributed by atoms with Crippen LogP contribution in [0.3, 0.4) is 0 Å². The van der Waals surface area contributed by atoms with Gasteiger partial charge in [-0.05, 0) is 31.2 Å². The highest BCUT2D eigenvalue weighted by atomic mass is 16.3. The Bertz CT molecular complexity index is 330. The lowest BCUT2D eigenvalue weighted by Gasteiger charge is -2.10. The monoisotopic (exact) mass is 234 g/mol. The summed E-state index contributed by atoms with van der Waals surface area (Å²) in [6.45, 7) is 3.69. The molecule has 1 aromatic carbocycles. The minimum atomic E-state index is -0.434. The molecule has 0 unspecified atom stereocenters. The van der Waals surface area contributed by atoms with Crippen LogP contribution >= 0.6 is 0 Å². The molecular weight excluding hydrogens is 212 g/mol. The minimum Gasteiger partial charge on any atom is -0.393 e. The van der Waals surface area contributed by atoms with Crippen LogP contribution in [0.25, 0.3) is 0 Å². The van der Waals surface area contributed by atoms with E-state index in [1.807, 2.05) is 31.2 Å². The van der Waals surface area contributed by atoms with Gasteiger partial charge in [0.2, 0.25) is 0 Å². The first kappa shape index (κ1) is 13.9. The third-order valence-electron chi connectivity index (χ3n) is 2.97. The van der Waals surface area contributed by atoms with Crippen LogP contribution < -0.4 is 0 Å². The molecule has 0 radical (unpaired) electrons. The van der Waals surface area contributed by atoms with Crippen molar-refractivity contribution in [3.05, 3.63) is 48.0 Å². The van der Waals surface area contributed by atoms with Crippen LogP contribution in [0.5, 0.6) is 0 Å². The second-order valence-electron chi connectivity index (χ2n) is 4.58. The predicted octanol–water partition coefficient (Wildman–Crippen LogP) is 2.55. The topological polar surface area (TPSA) is 40.5 Å². The van der Waals surface area contributed by atoms with E-state index in [4.69, 9.17) is 0 Å². The standard InChI is InChI=1S/C15H22O2/c1-12(13(2)16)8-10-15(17)11-9-14-6-4-3-5-7-14/h3-8,10,12-13,15-17H,9,11H2,1-2H3/b10-8+/t12-,13+,15+/m0/s1. The maximum absolute atomic E-state index is 9.77. The number of hydrogen-bond donors (Lipinski definition) is 2. The van der Waals surface area contributed by atoms with Gasteiger partial charge in [0.25, 0.3) is 0 Å². The highest BCUT2D eigenvalue weighted by Gasteiger charge is 2.05. The summed E-state index contributed by atoms with van der Waals surface area (Å²) in [5.74, 6) is 0.0846. The molecule has 1 aromatic rings. The van der Waals surface area contributed by atoms with Crippen LogP contribution in [0, 0.1) is 5.92 Å². The maximum Gasteiger partial charge on any atom is 0.0724 e. The zero-order valence-corrected chi connectivity index (χ0v) is 10.6. The molecule has 0 heterocycles. The van der Waals surface area contributed by atoms with Crippen LogP contribution in [-0.2, 0) is 6.42 Å². The molecule has 0 saturated carbocycles. The summed E-state index contributed by atoms with van der Waals surface area (Å²) in [4.78, 5) is 0. The highest BCUT2D eigenvalue weighted by Crippen LogP contribution is 2.08. The molecule has 2 nitrogen and oxygen atoms in total. The smallest absolute Gasteiger partial charge is 0.0724 e. The summed E-state index contributed by atoms with van der Waals surface area (Å²) in [5.41, 5.74) is 1.24. The van der Waals surface area contributed by atoms with Gasteiger partial charge >= 0.3 is 0 Å². The van der Waals surface area contributed by atoms with E-state index < -0.39 is 6.10 Å². The Labute approximate surface area is 104 Å². The number of aryl methyl sites for hydroxylation is 1. The molecule has 2 heteroatoms. The zero-order valence-electron chi connectivity index (χ0n) is 10.6. The molecule has 0 aliphatic rings. The Balaban J connectivity index is 2.33. The van der Waals surface area contributed by atoms with Crippen molar-refractivity contribution in [1.82, 2.24) is 0 Å². The average Bonchev–Trinajstić information content (AvgIpc) is 2.34. The lowest BCUT2D eigenvalue weighted by Crippen LogP contribution is -2.11. The first-order valence-electron chi connectivity index (χ1n) is 6.18. The molecule has 0 saturated heterocycles. The summed E-state index contributed by atoms with van der Waals surface area (Å²) in [6, 6.07) is 10.1. The van der Waals surface area contributed by atoms with Crippen LogP contribution in [0.15, 0.2) is 42.5 Å². The molecule has 0 fully saturated rings. The molecule has 0 bridgehead atoms. The average molecular weight is 234 g/mol. The van der Waals surface area contributed by atoms with Crippen LogP contribution in [0.1, 0.15) is 25.8 Å². The van der Waals surface area contributed by atoms with Crippen LogP contribution in [0.4, 0.5) is 0 Å². The first-order valence-corrected chi connectivity index (χ1v) is 6.18. The van der Waals surface area contributed by atoms with E-state index in [1.54, 1.807) is 13.0 Å². The fraction of sp³-hybridized carbons (Fsp3) is 0.467. The van der Waals surface area contributed by atoms with Crippen molar-refractivity contribution < 1.29 is 10.2 Å². The van der Waals surface area contributed by atoms with Crippen molar-refractivity contribution in [3.8, 4) is 0 Å². The number of benzene rings is 1. The van der Waals surface area contributed by atoms with Gasteiger partial charge in [-0.25, -0.2) is 0 Å². The number of rotatable bonds is 6. The van der Waals surface area contributed by atoms with Gasteiger partial charge in [0.05, 0.1) is 12.2 Å². The van der Waals surface area contributed by atoms with E-state index in [0.29, 0.717) is 6.42 Å². The van der Waals surface area contributed by atoms with Crippen molar-refractivity contribution in [2.45, 2.75) is 38.9 Å². The van der Waals surface area contributed by atoms with Gasteiger partial charge in [0, 0.05) is 0 Å². The summed E-state index contributed by atoms with van der Waals surface area (Å²) in [7, 11) is 0. The largest absolute Gasteiger partial charge is 0.393 e. The van der Waals surface area contributed by atoms with Gasteiger partial charge in [0.15, 0.2) is 0 Å². The summed E-state index contributed by atoms with van der Waals surface area (Å²) < 4.78 is 0.